The zero-order chi connectivity index (χ0) is 15.1. The number of piperidine rings is 1. The number of hydrogen-bond donors (Lipinski definition) is 2. The van der Waals surface area contributed by atoms with Crippen molar-refractivity contribution >= 4 is 24.0 Å². The molecule has 0 spiro atoms. The molecule has 1 aliphatic rings. The third-order valence-electron chi connectivity index (χ3n) is 4.14. The third-order valence-corrected chi connectivity index (χ3v) is 4.14. The van der Waals surface area contributed by atoms with Crippen LogP contribution in [0.15, 0.2) is 24.3 Å². The molecular formula is C17H28ClN3O. The molecule has 1 aromatic rings. The number of nitrogens with zero attached hydrogens (tertiary/aromatic N) is 1. The van der Waals surface area contributed by atoms with Crippen LogP contribution in [0.25, 0.3) is 0 Å². The molecule has 0 unspecified atom stereocenters. The van der Waals surface area contributed by atoms with Gasteiger partial charge in [-0.05, 0) is 57.5 Å². The fourth-order valence-corrected chi connectivity index (χ4v) is 2.84. The number of benzene rings is 1. The molecule has 1 saturated heterocycles. The Balaban J connectivity index is 0.00000242. The van der Waals surface area contributed by atoms with Crippen molar-refractivity contribution in [3.05, 3.63) is 29.8 Å². The predicted octanol–water partition coefficient (Wildman–Crippen LogP) is 2.36. The van der Waals surface area contributed by atoms with Crippen molar-refractivity contribution in [2.24, 2.45) is 5.92 Å². The van der Waals surface area contributed by atoms with Gasteiger partial charge in [0.05, 0.1) is 0 Å². The van der Waals surface area contributed by atoms with Crippen molar-refractivity contribution in [1.29, 1.82) is 0 Å². The number of hydrogen-bond acceptors (Lipinski definition) is 3. The highest BCUT2D eigenvalue weighted by molar-refractivity contribution is 5.85. The van der Waals surface area contributed by atoms with Gasteiger partial charge in [0, 0.05) is 31.2 Å². The number of amides is 1. The van der Waals surface area contributed by atoms with E-state index in [2.05, 4.69) is 53.6 Å². The minimum Gasteiger partial charge on any atom is -0.370 e. The lowest BCUT2D eigenvalue weighted by molar-refractivity contribution is -0.125. The van der Waals surface area contributed by atoms with Crippen LogP contribution in [0.5, 0.6) is 0 Å². The number of nitrogens with one attached hydrogen (secondary N) is 2. The zero-order valence-electron chi connectivity index (χ0n) is 13.6. The minimum absolute atomic E-state index is 0. The molecule has 0 atom stereocenters. The van der Waals surface area contributed by atoms with Gasteiger partial charge >= 0.3 is 0 Å². The van der Waals surface area contributed by atoms with Crippen LogP contribution in [0.4, 0.5) is 5.69 Å². The Morgan fingerprint density at radius 1 is 1.36 bits per heavy atom. The Kier molecular flexibility index (Phi) is 8.28. The number of carbonyl (C=O) groups is 1. The summed E-state index contributed by atoms with van der Waals surface area (Å²) in [5.74, 6) is 0.414. The van der Waals surface area contributed by atoms with E-state index in [0.717, 1.165) is 39.0 Å². The van der Waals surface area contributed by atoms with E-state index in [1.54, 1.807) is 0 Å². The quantitative estimate of drug-likeness (QED) is 0.844. The molecule has 1 fully saturated rings. The number of carbonyl (C=O) groups excluding carboxylic acids is 1. The van der Waals surface area contributed by atoms with E-state index < -0.39 is 0 Å². The largest absolute Gasteiger partial charge is 0.370 e. The zero-order valence-corrected chi connectivity index (χ0v) is 14.4. The van der Waals surface area contributed by atoms with E-state index in [-0.39, 0.29) is 24.2 Å². The number of halogens is 1. The lowest BCUT2D eigenvalue weighted by Gasteiger charge is -2.25. The second-order valence-corrected chi connectivity index (χ2v) is 5.73. The smallest absolute Gasteiger partial charge is 0.223 e. The van der Waals surface area contributed by atoms with Gasteiger partial charge in [-0.3, -0.25) is 4.79 Å². The van der Waals surface area contributed by atoms with E-state index in [4.69, 9.17) is 0 Å². The maximum Gasteiger partial charge on any atom is 0.223 e. The average molecular weight is 326 g/mol. The fourth-order valence-electron chi connectivity index (χ4n) is 2.84. The fraction of sp³-hybridized carbons (Fsp3) is 0.588. The molecule has 1 aromatic carbocycles. The van der Waals surface area contributed by atoms with Gasteiger partial charge in [0.2, 0.25) is 5.91 Å². The van der Waals surface area contributed by atoms with Crippen molar-refractivity contribution < 1.29 is 4.79 Å². The Hall–Kier alpha value is -1.26. The first-order chi connectivity index (χ1) is 10.2. The lowest BCUT2D eigenvalue weighted by Crippen LogP contribution is -2.41. The summed E-state index contributed by atoms with van der Waals surface area (Å²) < 4.78 is 0. The Labute approximate surface area is 140 Å². The molecule has 1 heterocycles. The summed E-state index contributed by atoms with van der Waals surface area (Å²) >= 11 is 0. The van der Waals surface area contributed by atoms with Gasteiger partial charge in [-0.15, -0.1) is 12.4 Å². The molecule has 22 heavy (non-hydrogen) atoms. The Morgan fingerprint density at radius 2 is 2.09 bits per heavy atom. The minimum atomic E-state index is 0. The molecule has 2 rings (SSSR count). The highest BCUT2D eigenvalue weighted by atomic mass is 35.5. The lowest BCUT2D eigenvalue weighted by atomic mass is 9.97. The average Bonchev–Trinajstić information content (AvgIpc) is 2.52. The Morgan fingerprint density at radius 3 is 2.73 bits per heavy atom. The van der Waals surface area contributed by atoms with E-state index >= 15 is 0 Å². The van der Waals surface area contributed by atoms with Gasteiger partial charge in [0.15, 0.2) is 0 Å². The first-order valence-corrected chi connectivity index (χ1v) is 8.00. The van der Waals surface area contributed by atoms with E-state index in [9.17, 15) is 4.79 Å². The molecule has 0 aromatic heterocycles. The van der Waals surface area contributed by atoms with Crippen LogP contribution >= 0.6 is 12.4 Å². The first kappa shape index (κ1) is 18.8. The normalized spacial score (nSPS) is 15.0. The topological polar surface area (TPSA) is 44.4 Å². The number of anilines is 1. The molecule has 5 heteroatoms. The van der Waals surface area contributed by atoms with E-state index in [0.29, 0.717) is 6.54 Å². The van der Waals surface area contributed by atoms with Gasteiger partial charge in [-0.25, -0.2) is 0 Å². The predicted molar refractivity (Wildman–Crippen MR) is 94.9 cm³/mol. The van der Waals surface area contributed by atoms with Gasteiger partial charge in [-0.2, -0.15) is 0 Å². The Bertz CT molecular complexity index is 461. The molecule has 1 aliphatic heterocycles. The van der Waals surface area contributed by atoms with Crippen LogP contribution < -0.4 is 15.5 Å². The van der Waals surface area contributed by atoms with Crippen molar-refractivity contribution in [3.63, 3.8) is 0 Å². The molecule has 0 aliphatic carbocycles. The number of rotatable bonds is 6. The van der Waals surface area contributed by atoms with Crippen molar-refractivity contribution in [1.82, 2.24) is 10.6 Å². The molecule has 124 valence electrons. The van der Waals surface area contributed by atoms with Crippen molar-refractivity contribution in [2.75, 3.05) is 37.6 Å². The molecule has 4 nitrogen and oxygen atoms in total. The maximum atomic E-state index is 12.1. The number of likely N-dealkylation sites (N-methyl/N-ethyl adjacent to an activating group) is 1. The van der Waals surface area contributed by atoms with Gasteiger partial charge < -0.3 is 15.5 Å². The molecular weight excluding hydrogens is 298 g/mol. The van der Waals surface area contributed by atoms with Crippen LogP contribution in [0.1, 0.15) is 25.3 Å². The second kappa shape index (κ2) is 9.70. The van der Waals surface area contributed by atoms with Crippen LogP contribution in [0, 0.1) is 12.8 Å². The standard InChI is InChI=1S/C17H27N3O.ClH/c1-3-20(16-6-4-5-14(2)13-16)12-11-19-17(21)15-7-9-18-10-8-15;/h4-6,13,15,18H,3,7-12H2,1-2H3,(H,19,21);1H. The summed E-state index contributed by atoms with van der Waals surface area (Å²) in [6.07, 6.45) is 1.92. The molecule has 1 amide bonds. The maximum absolute atomic E-state index is 12.1. The van der Waals surface area contributed by atoms with Gasteiger partial charge in [0.25, 0.3) is 0 Å². The summed E-state index contributed by atoms with van der Waals surface area (Å²) in [5, 5.41) is 6.38. The molecule has 0 bridgehead atoms. The van der Waals surface area contributed by atoms with E-state index in [1.165, 1.54) is 11.3 Å². The van der Waals surface area contributed by atoms with Crippen molar-refractivity contribution in [2.45, 2.75) is 26.7 Å². The third kappa shape index (κ3) is 5.50. The van der Waals surface area contributed by atoms with E-state index in [1.807, 2.05) is 0 Å². The second-order valence-electron chi connectivity index (χ2n) is 5.73. The van der Waals surface area contributed by atoms with Crippen LogP contribution in [-0.4, -0.2) is 38.6 Å². The van der Waals surface area contributed by atoms with Crippen molar-refractivity contribution in [3.8, 4) is 0 Å². The molecule has 0 saturated carbocycles. The summed E-state index contributed by atoms with van der Waals surface area (Å²) in [6.45, 7) is 8.70. The van der Waals surface area contributed by atoms with Crippen LogP contribution in [-0.2, 0) is 4.79 Å². The monoisotopic (exact) mass is 325 g/mol. The molecule has 0 radical (unpaired) electrons. The summed E-state index contributed by atoms with van der Waals surface area (Å²) in [7, 11) is 0. The SMILES string of the molecule is CCN(CCNC(=O)C1CCNCC1)c1cccc(C)c1.Cl. The number of aryl methyl sites for hydroxylation is 1. The summed E-state index contributed by atoms with van der Waals surface area (Å²) in [6, 6.07) is 8.51. The highest BCUT2D eigenvalue weighted by Gasteiger charge is 2.20. The summed E-state index contributed by atoms with van der Waals surface area (Å²) in [4.78, 5) is 14.4. The summed E-state index contributed by atoms with van der Waals surface area (Å²) in [5.41, 5.74) is 2.50. The molecule has 2 N–H and O–H groups in total. The van der Waals surface area contributed by atoms with Crippen LogP contribution in [0.3, 0.4) is 0 Å². The first-order valence-electron chi connectivity index (χ1n) is 8.00. The van der Waals surface area contributed by atoms with Gasteiger partial charge in [0.1, 0.15) is 0 Å². The van der Waals surface area contributed by atoms with Crippen LogP contribution in [0.2, 0.25) is 0 Å². The highest BCUT2D eigenvalue weighted by Crippen LogP contribution is 2.15. The van der Waals surface area contributed by atoms with Gasteiger partial charge in [-0.1, -0.05) is 12.1 Å².